The summed E-state index contributed by atoms with van der Waals surface area (Å²) in [5.74, 6) is -1.15. The number of nitrogens with one attached hydrogen (secondary N) is 2. The maximum atomic E-state index is 12.7. The van der Waals surface area contributed by atoms with Crippen molar-refractivity contribution in [1.82, 2.24) is 5.32 Å². The topological polar surface area (TPSA) is 122 Å². The lowest BCUT2D eigenvalue weighted by Gasteiger charge is -2.16. The average molecular weight is 503 g/mol. The van der Waals surface area contributed by atoms with Crippen molar-refractivity contribution in [3.63, 3.8) is 0 Å². The fraction of sp³-hybridized carbons (Fsp3) is 0.167. The first kappa shape index (κ1) is 25.1. The summed E-state index contributed by atoms with van der Waals surface area (Å²) in [7, 11) is -1.92. The van der Waals surface area contributed by atoms with Crippen molar-refractivity contribution in [3.05, 3.63) is 82.9 Å². The van der Waals surface area contributed by atoms with Crippen LogP contribution in [0.2, 0.25) is 5.02 Å². The van der Waals surface area contributed by atoms with Crippen molar-refractivity contribution in [3.8, 4) is 16.9 Å². The van der Waals surface area contributed by atoms with Gasteiger partial charge in [-0.2, -0.15) is 0 Å². The van der Waals surface area contributed by atoms with E-state index in [1.165, 1.54) is 18.2 Å². The molecule has 0 heterocycles. The van der Waals surface area contributed by atoms with Crippen LogP contribution in [0, 0.1) is 0 Å². The predicted molar refractivity (Wildman–Crippen MR) is 131 cm³/mol. The highest BCUT2D eigenvalue weighted by molar-refractivity contribution is 7.92. The van der Waals surface area contributed by atoms with E-state index in [-0.39, 0.29) is 22.7 Å². The highest BCUT2D eigenvalue weighted by atomic mass is 35.5. The molecule has 10 heteroatoms. The molecule has 3 aromatic rings. The molecule has 0 saturated carbocycles. The second kappa shape index (κ2) is 10.6. The lowest BCUT2D eigenvalue weighted by Crippen LogP contribution is -2.42. The number of aliphatic carboxylic acids is 1. The molecule has 0 radical (unpaired) electrons. The molecule has 0 unspecified atom stereocenters. The van der Waals surface area contributed by atoms with E-state index in [0.717, 1.165) is 28.7 Å². The van der Waals surface area contributed by atoms with Crippen molar-refractivity contribution in [1.29, 1.82) is 0 Å². The molecule has 1 atom stereocenters. The highest BCUT2D eigenvalue weighted by Crippen LogP contribution is 2.25. The molecular formula is C24H23ClN2O6S. The zero-order valence-corrected chi connectivity index (χ0v) is 20.0. The Hall–Kier alpha value is -3.56. The van der Waals surface area contributed by atoms with Crippen molar-refractivity contribution >= 4 is 39.2 Å². The van der Waals surface area contributed by atoms with E-state index in [0.29, 0.717) is 0 Å². The number of carboxylic acids is 1. The molecule has 0 aliphatic carbocycles. The van der Waals surface area contributed by atoms with Gasteiger partial charge in [-0.05, 0) is 47.0 Å². The van der Waals surface area contributed by atoms with Crippen LogP contribution < -0.4 is 14.8 Å². The molecule has 3 aromatic carbocycles. The molecule has 0 aliphatic heterocycles. The smallest absolute Gasteiger partial charge is 0.326 e. The van der Waals surface area contributed by atoms with E-state index in [1.807, 2.05) is 36.4 Å². The van der Waals surface area contributed by atoms with Gasteiger partial charge in [-0.3, -0.25) is 9.52 Å². The number of halogens is 1. The van der Waals surface area contributed by atoms with E-state index < -0.39 is 27.9 Å². The molecule has 8 nitrogen and oxygen atoms in total. The van der Waals surface area contributed by atoms with Gasteiger partial charge in [0.2, 0.25) is 10.0 Å². The summed E-state index contributed by atoms with van der Waals surface area (Å²) in [6.45, 7) is 0. The number of ether oxygens (including phenoxy) is 1. The maximum Gasteiger partial charge on any atom is 0.326 e. The summed E-state index contributed by atoms with van der Waals surface area (Å²) < 4.78 is 30.2. The predicted octanol–water partition coefficient (Wildman–Crippen LogP) is 3.81. The number of carboxylic acid groups (broad SMARTS) is 1. The van der Waals surface area contributed by atoms with E-state index in [1.54, 1.807) is 19.2 Å². The third-order valence-electron chi connectivity index (χ3n) is 4.92. The van der Waals surface area contributed by atoms with Crippen LogP contribution in [0.3, 0.4) is 0 Å². The molecule has 178 valence electrons. The normalized spacial score (nSPS) is 12.0. The van der Waals surface area contributed by atoms with Gasteiger partial charge in [0.1, 0.15) is 11.8 Å². The number of methoxy groups -OCH3 is 1. The summed E-state index contributed by atoms with van der Waals surface area (Å²) in [6.07, 6.45) is 1.05. The zero-order valence-electron chi connectivity index (χ0n) is 18.4. The van der Waals surface area contributed by atoms with Crippen molar-refractivity contribution in [2.45, 2.75) is 12.5 Å². The van der Waals surface area contributed by atoms with Gasteiger partial charge < -0.3 is 15.2 Å². The molecule has 3 N–H and O–H groups in total. The van der Waals surface area contributed by atoms with Gasteiger partial charge in [0.15, 0.2) is 0 Å². The standard InChI is InChI=1S/C24H23ClN2O6S/c1-33-19-5-3-4-17(13-19)16-8-6-15(7-9-16)12-22(24(29)30)26-23(28)20-11-10-18(14-21(20)25)27-34(2,31)32/h3-11,13-14,22,27H,12H2,1-2H3,(H,26,28)(H,29,30)/t22-/m0/s1. The van der Waals surface area contributed by atoms with Gasteiger partial charge in [0.05, 0.1) is 24.0 Å². The van der Waals surface area contributed by atoms with Crippen LogP contribution >= 0.6 is 11.6 Å². The van der Waals surface area contributed by atoms with E-state index >= 15 is 0 Å². The number of hydrogen-bond donors (Lipinski definition) is 3. The van der Waals surface area contributed by atoms with Crippen LogP contribution in [0.4, 0.5) is 5.69 Å². The van der Waals surface area contributed by atoms with Gasteiger partial charge in [-0.15, -0.1) is 0 Å². The van der Waals surface area contributed by atoms with Gasteiger partial charge in [-0.1, -0.05) is 48.0 Å². The summed E-state index contributed by atoms with van der Waals surface area (Å²) in [6, 6.07) is 17.7. The quantitative estimate of drug-likeness (QED) is 0.409. The Kier molecular flexibility index (Phi) is 7.80. The Morgan fingerprint density at radius 1 is 1.03 bits per heavy atom. The lowest BCUT2D eigenvalue weighted by molar-refractivity contribution is -0.139. The Balaban J connectivity index is 1.72. The average Bonchev–Trinajstić information content (AvgIpc) is 2.78. The van der Waals surface area contributed by atoms with E-state index in [2.05, 4.69) is 10.0 Å². The van der Waals surface area contributed by atoms with Gasteiger partial charge in [0, 0.05) is 12.1 Å². The van der Waals surface area contributed by atoms with Crippen molar-refractivity contribution in [2.24, 2.45) is 0 Å². The third-order valence-corrected chi connectivity index (χ3v) is 5.84. The minimum Gasteiger partial charge on any atom is -0.497 e. The Labute approximate surface area is 202 Å². The Morgan fingerprint density at radius 3 is 2.32 bits per heavy atom. The van der Waals surface area contributed by atoms with Crippen LogP contribution in [0.25, 0.3) is 11.1 Å². The molecule has 0 aromatic heterocycles. The van der Waals surface area contributed by atoms with E-state index in [9.17, 15) is 23.1 Å². The first-order valence-corrected chi connectivity index (χ1v) is 12.4. The first-order chi connectivity index (χ1) is 16.1. The monoisotopic (exact) mass is 502 g/mol. The summed E-state index contributed by atoms with van der Waals surface area (Å²) in [5.41, 5.74) is 2.83. The largest absolute Gasteiger partial charge is 0.497 e. The fourth-order valence-corrected chi connectivity index (χ4v) is 4.11. The van der Waals surface area contributed by atoms with Crippen LogP contribution in [0.1, 0.15) is 15.9 Å². The lowest BCUT2D eigenvalue weighted by atomic mass is 10.00. The molecule has 0 aliphatic rings. The molecule has 0 bridgehead atoms. The maximum absolute atomic E-state index is 12.7. The number of carbonyl (C=O) groups is 2. The first-order valence-electron chi connectivity index (χ1n) is 10.1. The molecule has 0 saturated heterocycles. The van der Waals surface area contributed by atoms with Crippen LogP contribution in [-0.2, 0) is 21.2 Å². The zero-order chi connectivity index (χ0) is 24.9. The van der Waals surface area contributed by atoms with Crippen molar-refractivity contribution in [2.75, 3.05) is 18.1 Å². The molecule has 0 spiro atoms. The van der Waals surface area contributed by atoms with Gasteiger partial charge >= 0.3 is 5.97 Å². The number of rotatable bonds is 9. The number of anilines is 1. The SMILES string of the molecule is COc1cccc(-c2ccc(C[C@H](NC(=O)c3ccc(NS(C)(=O)=O)cc3Cl)C(=O)O)cc2)c1. The van der Waals surface area contributed by atoms with Gasteiger partial charge in [-0.25, -0.2) is 13.2 Å². The van der Waals surface area contributed by atoms with Gasteiger partial charge in [0.25, 0.3) is 5.91 Å². The van der Waals surface area contributed by atoms with Crippen molar-refractivity contribution < 1.29 is 27.9 Å². The highest BCUT2D eigenvalue weighted by Gasteiger charge is 2.22. The minimum atomic E-state index is -3.51. The second-order valence-electron chi connectivity index (χ2n) is 7.57. The summed E-state index contributed by atoms with van der Waals surface area (Å²) >= 11 is 6.12. The number of sulfonamides is 1. The van der Waals surface area contributed by atoms with E-state index in [4.69, 9.17) is 16.3 Å². The summed E-state index contributed by atoms with van der Waals surface area (Å²) in [4.78, 5) is 24.4. The Morgan fingerprint density at radius 2 is 1.74 bits per heavy atom. The number of benzene rings is 3. The minimum absolute atomic E-state index is 0.0158. The number of carbonyl (C=O) groups excluding carboxylic acids is 1. The van der Waals surface area contributed by atoms with Crippen LogP contribution in [-0.4, -0.2) is 44.8 Å². The fourth-order valence-electron chi connectivity index (χ4n) is 3.28. The van der Waals surface area contributed by atoms with Crippen LogP contribution in [0.5, 0.6) is 5.75 Å². The molecule has 0 fully saturated rings. The molecule has 1 amide bonds. The number of hydrogen-bond acceptors (Lipinski definition) is 5. The Bertz CT molecular complexity index is 1310. The van der Waals surface area contributed by atoms with Crippen LogP contribution in [0.15, 0.2) is 66.7 Å². The summed E-state index contributed by atoms with van der Waals surface area (Å²) in [5, 5.41) is 12.1. The molecular weight excluding hydrogens is 480 g/mol. The molecule has 3 rings (SSSR count). The molecule has 34 heavy (non-hydrogen) atoms. The second-order valence-corrected chi connectivity index (χ2v) is 9.72. The number of amides is 1. The third kappa shape index (κ3) is 6.72.